The Morgan fingerprint density at radius 3 is 2.38 bits per heavy atom. The van der Waals surface area contributed by atoms with E-state index in [0.29, 0.717) is 5.75 Å². The first-order chi connectivity index (χ1) is 9.80. The molecule has 0 aliphatic rings. The lowest BCUT2D eigenvalue weighted by molar-refractivity contribution is -0.139. The molecule has 2 N–H and O–H groups in total. The maximum absolute atomic E-state index is 12.1. The monoisotopic (exact) mass is 305 g/mol. The summed E-state index contributed by atoms with van der Waals surface area (Å²) in [4.78, 5) is 0. The van der Waals surface area contributed by atoms with Crippen LogP contribution in [0.2, 0.25) is 0 Å². The minimum atomic E-state index is -4.20. The summed E-state index contributed by atoms with van der Waals surface area (Å²) in [5.74, 6) is 0.634. The zero-order chi connectivity index (χ0) is 15.9. The Kier molecular flexibility index (Phi) is 6.98. The van der Waals surface area contributed by atoms with Crippen molar-refractivity contribution in [3.8, 4) is 5.75 Å². The summed E-state index contributed by atoms with van der Waals surface area (Å²) in [5.41, 5.74) is 1.19. The van der Waals surface area contributed by atoms with Crippen LogP contribution in [-0.2, 0) is 6.42 Å². The third kappa shape index (κ3) is 7.92. The molecule has 1 aromatic rings. The number of alkyl halides is 3. The average molecular weight is 305 g/mol. The number of nitrogens with one attached hydrogen (secondary N) is 1. The molecule has 6 heteroatoms. The first-order valence-electron chi connectivity index (χ1n) is 7.00. The van der Waals surface area contributed by atoms with E-state index in [2.05, 4.69) is 5.32 Å². The third-order valence-corrected chi connectivity index (χ3v) is 3.01. The zero-order valence-corrected chi connectivity index (χ0v) is 12.3. The van der Waals surface area contributed by atoms with Gasteiger partial charge in [0.2, 0.25) is 0 Å². The number of halogens is 3. The summed E-state index contributed by atoms with van der Waals surface area (Å²) >= 11 is 0. The molecule has 0 spiro atoms. The van der Waals surface area contributed by atoms with E-state index in [0.717, 1.165) is 6.42 Å². The van der Waals surface area contributed by atoms with Crippen molar-refractivity contribution < 1.29 is 23.0 Å². The van der Waals surface area contributed by atoms with Gasteiger partial charge in [-0.25, -0.2) is 0 Å². The highest BCUT2D eigenvalue weighted by atomic mass is 19.4. The van der Waals surface area contributed by atoms with E-state index in [9.17, 15) is 18.3 Å². The van der Waals surface area contributed by atoms with Gasteiger partial charge in [0.25, 0.3) is 0 Å². The largest absolute Gasteiger partial charge is 0.491 e. The van der Waals surface area contributed by atoms with Gasteiger partial charge in [-0.05, 0) is 31.0 Å². The summed E-state index contributed by atoms with van der Waals surface area (Å²) in [6, 6.07) is 6.76. The van der Waals surface area contributed by atoms with E-state index in [1.165, 1.54) is 12.5 Å². The molecule has 0 radical (unpaired) electrons. The van der Waals surface area contributed by atoms with E-state index < -0.39 is 24.7 Å². The zero-order valence-electron chi connectivity index (χ0n) is 12.3. The quantitative estimate of drug-likeness (QED) is 0.776. The van der Waals surface area contributed by atoms with Gasteiger partial charge < -0.3 is 15.2 Å². The van der Waals surface area contributed by atoms with Crippen LogP contribution >= 0.6 is 0 Å². The Morgan fingerprint density at radius 2 is 1.86 bits per heavy atom. The Balaban J connectivity index is 2.25. The SMILES string of the molecule is CCc1ccc(OCC(O)CNC(C)CC(F)(F)F)cc1. The number of benzene rings is 1. The van der Waals surface area contributed by atoms with Crippen LogP contribution in [0.15, 0.2) is 24.3 Å². The van der Waals surface area contributed by atoms with Crippen molar-refractivity contribution in [2.75, 3.05) is 13.2 Å². The minimum Gasteiger partial charge on any atom is -0.491 e. The number of aliphatic hydroxyl groups is 1. The molecular weight excluding hydrogens is 283 g/mol. The van der Waals surface area contributed by atoms with Crippen LogP contribution in [0, 0.1) is 0 Å². The van der Waals surface area contributed by atoms with Gasteiger partial charge in [-0.2, -0.15) is 13.2 Å². The van der Waals surface area contributed by atoms with Crippen LogP contribution in [-0.4, -0.2) is 36.6 Å². The van der Waals surface area contributed by atoms with Crippen LogP contribution in [0.25, 0.3) is 0 Å². The molecule has 2 unspecified atom stereocenters. The lowest BCUT2D eigenvalue weighted by Gasteiger charge is -2.18. The number of ether oxygens (including phenoxy) is 1. The van der Waals surface area contributed by atoms with Crippen LogP contribution in [0.4, 0.5) is 13.2 Å². The molecule has 0 aliphatic carbocycles. The van der Waals surface area contributed by atoms with Gasteiger partial charge in [0.1, 0.15) is 18.5 Å². The molecule has 0 aromatic heterocycles. The molecule has 0 bridgehead atoms. The van der Waals surface area contributed by atoms with E-state index in [1.54, 1.807) is 0 Å². The molecule has 0 saturated heterocycles. The summed E-state index contributed by atoms with van der Waals surface area (Å²) in [6.07, 6.45) is -5.04. The Hall–Kier alpha value is -1.27. The molecule has 1 rings (SSSR count). The van der Waals surface area contributed by atoms with Crippen molar-refractivity contribution in [2.24, 2.45) is 0 Å². The van der Waals surface area contributed by atoms with E-state index in [4.69, 9.17) is 4.74 Å². The highest BCUT2D eigenvalue weighted by Gasteiger charge is 2.29. The van der Waals surface area contributed by atoms with Crippen LogP contribution in [0.1, 0.15) is 25.8 Å². The summed E-state index contributed by atoms with van der Waals surface area (Å²) in [6.45, 7) is 3.58. The molecule has 0 amide bonds. The van der Waals surface area contributed by atoms with Crippen LogP contribution in [0.5, 0.6) is 5.75 Å². The second-order valence-corrected chi connectivity index (χ2v) is 5.09. The minimum absolute atomic E-state index is 0.0389. The van der Waals surface area contributed by atoms with E-state index >= 15 is 0 Å². The predicted molar refractivity (Wildman–Crippen MR) is 75.5 cm³/mol. The van der Waals surface area contributed by atoms with Gasteiger partial charge in [-0.3, -0.25) is 0 Å². The predicted octanol–water partition coefficient (Wildman–Crippen LogP) is 2.92. The highest BCUT2D eigenvalue weighted by molar-refractivity contribution is 5.27. The lowest BCUT2D eigenvalue weighted by atomic mass is 10.2. The van der Waals surface area contributed by atoms with Gasteiger partial charge >= 0.3 is 6.18 Å². The average Bonchev–Trinajstić information content (AvgIpc) is 2.41. The fraction of sp³-hybridized carbons (Fsp3) is 0.600. The van der Waals surface area contributed by atoms with Crippen molar-refractivity contribution in [3.05, 3.63) is 29.8 Å². The Morgan fingerprint density at radius 1 is 1.24 bits per heavy atom. The van der Waals surface area contributed by atoms with Gasteiger partial charge in [0, 0.05) is 12.6 Å². The number of rotatable bonds is 8. The highest BCUT2D eigenvalue weighted by Crippen LogP contribution is 2.21. The first kappa shape index (κ1) is 17.8. The molecule has 0 saturated carbocycles. The molecule has 0 fully saturated rings. The number of aryl methyl sites for hydroxylation is 1. The molecule has 3 nitrogen and oxygen atoms in total. The first-order valence-corrected chi connectivity index (χ1v) is 7.00. The summed E-state index contributed by atoms with van der Waals surface area (Å²) < 4.78 is 41.8. The standard InChI is InChI=1S/C15H22F3NO2/c1-3-12-4-6-14(7-5-12)21-10-13(20)9-19-11(2)8-15(16,17)18/h4-7,11,13,19-20H,3,8-10H2,1-2H3. The van der Waals surface area contributed by atoms with E-state index in [1.807, 2.05) is 31.2 Å². The molecule has 2 atom stereocenters. The third-order valence-electron chi connectivity index (χ3n) is 3.01. The van der Waals surface area contributed by atoms with E-state index in [-0.39, 0.29) is 13.2 Å². The van der Waals surface area contributed by atoms with Crippen molar-refractivity contribution >= 4 is 0 Å². The van der Waals surface area contributed by atoms with Crippen LogP contribution < -0.4 is 10.1 Å². The Bertz CT molecular complexity index is 406. The van der Waals surface area contributed by atoms with Crippen molar-refractivity contribution in [3.63, 3.8) is 0 Å². The van der Waals surface area contributed by atoms with Crippen molar-refractivity contribution in [1.82, 2.24) is 5.32 Å². The molecular formula is C15H22F3NO2. The molecule has 1 aromatic carbocycles. The molecule has 0 aliphatic heterocycles. The van der Waals surface area contributed by atoms with Crippen molar-refractivity contribution in [1.29, 1.82) is 0 Å². The number of aliphatic hydroxyl groups excluding tert-OH is 1. The van der Waals surface area contributed by atoms with Gasteiger partial charge in [0.15, 0.2) is 0 Å². The smallest absolute Gasteiger partial charge is 0.390 e. The second kappa shape index (κ2) is 8.24. The molecule has 0 heterocycles. The molecule has 120 valence electrons. The maximum Gasteiger partial charge on any atom is 0.390 e. The maximum atomic E-state index is 12.1. The van der Waals surface area contributed by atoms with Crippen LogP contribution in [0.3, 0.4) is 0 Å². The Labute approximate surface area is 123 Å². The fourth-order valence-corrected chi connectivity index (χ4v) is 1.83. The number of hydrogen-bond acceptors (Lipinski definition) is 3. The normalized spacial score (nSPS) is 14.8. The van der Waals surface area contributed by atoms with Crippen molar-refractivity contribution in [2.45, 2.75) is 45.0 Å². The lowest BCUT2D eigenvalue weighted by Crippen LogP contribution is -2.38. The van der Waals surface area contributed by atoms with Gasteiger partial charge in [0.05, 0.1) is 6.42 Å². The van der Waals surface area contributed by atoms with Gasteiger partial charge in [-0.1, -0.05) is 19.1 Å². The summed E-state index contributed by atoms with van der Waals surface area (Å²) in [7, 11) is 0. The van der Waals surface area contributed by atoms with Gasteiger partial charge in [-0.15, -0.1) is 0 Å². The molecule has 21 heavy (non-hydrogen) atoms. The summed E-state index contributed by atoms with van der Waals surface area (Å²) in [5, 5.41) is 12.3. The topological polar surface area (TPSA) is 41.5 Å². The second-order valence-electron chi connectivity index (χ2n) is 5.09. The fourth-order valence-electron chi connectivity index (χ4n) is 1.83. The number of hydrogen-bond donors (Lipinski definition) is 2.